The Kier molecular flexibility index (Phi) is 3.44. The number of aryl methyl sites for hydroxylation is 1. The molecule has 0 aliphatic heterocycles. The highest BCUT2D eigenvalue weighted by Crippen LogP contribution is 2.03. The summed E-state index contributed by atoms with van der Waals surface area (Å²) in [4.78, 5) is 8.15. The van der Waals surface area contributed by atoms with Crippen LogP contribution in [0.25, 0.3) is 0 Å². The van der Waals surface area contributed by atoms with Crippen LogP contribution in [0.15, 0.2) is 11.3 Å². The lowest BCUT2D eigenvalue weighted by Crippen LogP contribution is -2.36. The molecule has 6 heteroatoms. The van der Waals surface area contributed by atoms with Crippen LogP contribution in [0, 0.1) is 0 Å². The summed E-state index contributed by atoms with van der Waals surface area (Å²) < 4.78 is 1.68. The van der Waals surface area contributed by atoms with Crippen molar-refractivity contribution < 1.29 is 0 Å². The molecule has 78 valence electrons. The van der Waals surface area contributed by atoms with Crippen molar-refractivity contribution in [1.29, 1.82) is 0 Å². The van der Waals surface area contributed by atoms with Crippen LogP contribution in [0.4, 0.5) is 0 Å². The molecule has 2 N–H and O–H groups in total. The van der Waals surface area contributed by atoms with Gasteiger partial charge in [0.1, 0.15) is 6.33 Å². The third-order valence-electron chi connectivity index (χ3n) is 1.82. The first-order valence-corrected chi connectivity index (χ1v) is 4.44. The highest BCUT2D eigenvalue weighted by molar-refractivity contribution is 5.79. The highest BCUT2D eigenvalue weighted by Gasteiger charge is 2.10. The van der Waals surface area contributed by atoms with E-state index in [4.69, 9.17) is 0 Å². The van der Waals surface area contributed by atoms with Gasteiger partial charge in [-0.3, -0.25) is 9.67 Å². The smallest absolute Gasteiger partial charge is 0.191 e. The second-order valence-corrected chi connectivity index (χ2v) is 2.96. The van der Waals surface area contributed by atoms with E-state index in [2.05, 4.69) is 25.7 Å². The minimum Gasteiger partial charge on any atom is -0.359 e. The highest BCUT2D eigenvalue weighted by atomic mass is 15.3. The molecule has 1 atom stereocenters. The summed E-state index contributed by atoms with van der Waals surface area (Å²) in [5.74, 6) is 1.48. The molecule has 14 heavy (non-hydrogen) atoms. The molecule has 1 heterocycles. The Labute approximate surface area is 83.4 Å². The van der Waals surface area contributed by atoms with Gasteiger partial charge < -0.3 is 10.6 Å². The fraction of sp³-hybridized carbons (Fsp3) is 0.625. The minimum atomic E-state index is 0.0438. The molecule has 0 aliphatic carbocycles. The van der Waals surface area contributed by atoms with E-state index in [0.717, 1.165) is 11.8 Å². The first-order valence-electron chi connectivity index (χ1n) is 4.44. The SMILES string of the molecule is CN=C(NC)NC(C)c1ncn(C)n1. The zero-order chi connectivity index (χ0) is 10.6. The second-order valence-electron chi connectivity index (χ2n) is 2.96. The molecule has 1 aromatic rings. The quantitative estimate of drug-likeness (QED) is 0.502. The first kappa shape index (κ1) is 10.5. The van der Waals surface area contributed by atoms with Crippen molar-refractivity contribution >= 4 is 5.96 Å². The number of nitrogens with zero attached hydrogens (tertiary/aromatic N) is 4. The summed E-state index contributed by atoms with van der Waals surface area (Å²) in [6, 6.07) is 0.0438. The lowest BCUT2D eigenvalue weighted by atomic mass is 10.3. The Morgan fingerprint density at radius 2 is 2.36 bits per heavy atom. The summed E-state index contributed by atoms with van der Waals surface area (Å²) in [6.07, 6.45) is 1.68. The summed E-state index contributed by atoms with van der Waals surface area (Å²) in [5, 5.41) is 10.3. The van der Waals surface area contributed by atoms with Gasteiger partial charge in [-0.15, -0.1) is 0 Å². The third kappa shape index (κ3) is 2.45. The van der Waals surface area contributed by atoms with E-state index >= 15 is 0 Å². The fourth-order valence-electron chi connectivity index (χ4n) is 1.07. The van der Waals surface area contributed by atoms with E-state index in [9.17, 15) is 0 Å². The fourth-order valence-corrected chi connectivity index (χ4v) is 1.07. The van der Waals surface area contributed by atoms with Crippen LogP contribution in [0.1, 0.15) is 18.8 Å². The maximum absolute atomic E-state index is 4.19. The van der Waals surface area contributed by atoms with Crippen molar-refractivity contribution in [2.45, 2.75) is 13.0 Å². The van der Waals surface area contributed by atoms with E-state index in [1.807, 2.05) is 21.0 Å². The Morgan fingerprint density at radius 3 is 2.79 bits per heavy atom. The van der Waals surface area contributed by atoms with Gasteiger partial charge in [0, 0.05) is 21.1 Å². The van der Waals surface area contributed by atoms with E-state index in [1.54, 1.807) is 18.1 Å². The van der Waals surface area contributed by atoms with Gasteiger partial charge in [0.25, 0.3) is 0 Å². The molecule has 1 aromatic heterocycles. The number of rotatable bonds is 2. The monoisotopic (exact) mass is 196 g/mol. The number of aliphatic imine (C=N–C) groups is 1. The molecule has 0 amide bonds. The van der Waals surface area contributed by atoms with Crippen molar-refractivity contribution in [3.8, 4) is 0 Å². The molecule has 0 bridgehead atoms. The lowest BCUT2D eigenvalue weighted by Gasteiger charge is -2.12. The summed E-state index contributed by atoms with van der Waals surface area (Å²) in [5.41, 5.74) is 0. The number of hydrogen-bond acceptors (Lipinski definition) is 3. The summed E-state index contributed by atoms with van der Waals surface area (Å²) in [7, 11) is 5.38. The third-order valence-corrected chi connectivity index (χ3v) is 1.82. The van der Waals surface area contributed by atoms with Gasteiger partial charge >= 0.3 is 0 Å². The molecule has 0 aromatic carbocycles. The largest absolute Gasteiger partial charge is 0.359 e. The molecular weight excluding hydrogens is 180 g/mol. The van der Waals surface area contributed by atoms with Crippen molar-refractivity contribution in [2.24, 2.45) is 12.0 Å². The number of guanidine groups is 1. The summed E-state index contributed by atoms with van der Waals surface area (Å²) >= 11 is 0. The molecule has 0 fully saturated rings. The topological polar surface area (TPSA) is 67.1 Å². The Bertz CT molecular complexity index is 315. The maximum atomic E-state index is 4.19. The van der Waals surface area contributed by atoms with Crippen LogP contribution in [-0.4, -0.2) is 34.8 Å². The molecule has 0 radical (unpaired) electrons. The van der Waals surface area contributed by atoms with E-state index < -0.39 is 0 Å². The Hall–Kier alpha value is -1.59. The zero-order valence-electron chi connectivity index (χ0n) is 8.94. The predicted octanol–water partition coefficient (Wildman–Crippen LogP) is -0.329. The lowest BCUT2D eigenvalue weighted by molar-refractivity contribution is 0.634. The number of nitrogens with one attached hydrogen (secondary N) is 2. The molecule has 0 saturated carbocycles. The van der Waals surface area contributed by atoms with E-state index in [1.165, 1.54) is 0 Å². The second kappa shape index (κ2) is 4.59. The first-order chi connectivity index (χ1) is 6.67. The van der Waals surface area contributed by atoms with Crippen molar-refractivity contribution in [3.63, 3.8) is 0 Å². The molecule has 6 nitrogen and oxygen atoms in total. The van der Waals surface area contributed by atoms with Gasteiger partial charge in [0.15, 0.2) is 11.8 Å². The molecule has 1 unspecified atom stereocenters. The predicted molar refractivity (Wildman–Crippen MR) is 55.0 cm³/mol. The van der Waals surface area contributed by atoms with Gasteiger partial charge in [-0.25, -0.2) is 4.98 Å². The van der Waals surface area contributed by atoms with Gasteiger partial charge in [-0.2, -0.15) is 5.10 Å². The Balaban J connectivity index is 2.62. The average molecular weight is 196 g/mol. The molecule has 1 rings (SSSR count). The van der Waals surface area contributed by atoms with Gasteiger partial charge in [-0.05, 0) is 6.92 Å². The van der Waals surface area contributed by atoms with Crippen LogP contribution in [-0.2, 0) is 7.05 Å². The minimum absolute atomic E-state index is 0.0438. The van der Waals surface area contributed by atoms with E-state index in [0.29, 0.717) is 0 Å². The van der Waals surface area contributed by atoms with Gasteiger partial charge in [0.2, 0.25) is 0 Å². The van der Waals surface area contributed by atoms with Gasteiger partial charge in [0.05, 0.1) is 6.04 Å². The van der Waals surface area contributed by atoms with Crippen LogP contribution in [0.2, 0.25) is 0 Å². The maximum Gasteiger partial charge on any atom is 0.191 e. The van der Waals surface area contributed by atoms with E-state index in [-0.39, 0.29) is 6.04 Å². The zero-order valence-corrected chi connectivity index (χ0v) is 8.94. The molecule has 0 spiro atoms. The molecule has 0 saturated heterocycles. The normalized spacial score (nSPS) is 13.9. The standard InChI is InChI=1S/C8H16N6/c1-6(12-8(9-2)10-3)7-11-5-14(4)13-7/h5-6H,1-4H3,(H2,9,10,12). The van der Waals surface area contributed by atoms with Crippen LogP contribution in [0.3, 0.4) is 0 Å². The van der Waals surface area contributed by atoms with Gasteiger partial charge in [-0.1, -0.05) is 0 Å². The molecule has 0 aliphatic rings. The van der Waals surface area contributed by atoms with Crippen LogP contribution >= 0.6 is 0 Å². The Morgan fingerprint density at radius 1 is 1.64 bits per heavy atom. The van der Waals surface area contributed by atoms with Crippen LogP contribution < -0.4 is 10.6 Å². The van der Waals surface area contributed by atoms with Crippen LogP contribution in [0.5, 0.6) is 0 Å². The van der Waals surface area contributed by atoms with Crippen molar-refractivity contribution in [1.82, 2.24) is 25.4 Å². The summed E-state index contributed by atoms with van der Waals surface area (Å²) in [6.45, 7) is 1.98. The number of aromatic nitrogens is 3. The number of hydrogen-bond donors (Lipinski definition) is 2. The van der Waals surface area contributed by atoms with Crippen molar-refractivity contribution in [2.75, 3.05) is 14.1 Å². The molecular formula is C8H16N6. The average Bonchev–Trinajstić information content (AvgIpc) is 2.61. The van der Waals surface area contributed by atoms with Crippen molar-refractivity contribution in [3.05, 3.63) is 12.2 Å².